The number of thiocarbonyl (C=S) groups is 1. The lowest BCUT2D eigenvalue weighted by Gasteiger charge is -2.31. The number of carbonyl (C=O) groups excluding carboxylic acids is 1. The molecule has 2 aromatic rings. The Labute approximate surface area is 158 Å². The minimum atomic E-state index is -0.413. The minimum Gasteiger partial charge on any atom is -0.497 e. The molecule has 1 atom stereocenters. The summed E-state index contributed by atoms with van der Waals surface area (Å²) in [6.45, 7) is 2.08. The normalized spacial score (nSPS) is 16.5. The predicted octanol–water partition coefficient (Wildman–Crippen LogP) is 3.19. The molecule has 6 heteroatoms. The zero-order valence-corrected chi connectivity index (χ0v) is 15.4. The molecule has 1 aliphatic rings. The second-order valence-corrected chi connectivity index (χ2v) is 6.09. The van der Waals surface area contributed by atoms with Gasteiger partial charge in [0.15, 0.2) is 5.11 Å². The van der Waals surface area contributed by atoms with E-state index in [2.05, 4.69) is 10.6 Å². The van der Waals surface area contributed by atoms with E-state index < -0.39 is 6.04 Å². The fourth-order valence-corrected chi connectivity index (χ4v) is 3.09. The molecule has 0 fully saturated rings. The van der Waals surface area contributed by atoms with Crippen LogP contribution < -0.4 is 15.4 Å². The molecule has 0 unspecified atom stereocenters. The van der Waals surface area contributed by atoms with Crippen LogP contribution in [0.25, 0.3) is 5.70 Å². The summed E-state index contributed by atoms with van der Waals surface area (Å²) in [5.74, 6) is 0.366. The highest BCUT2D eigenvalue weighted by molar-refractivity contribution is 7.80. The Morgan fingerprint density at radius 1 is 1.12 bits per heavy atom. The molecule has 0 aromatic heterocycles. The van der Waals surface area contributed by atoms with Crippen LogP contribution in [0.2, 0.25) is 0 Å². The molecule has 0 amide bonds. The lowest BCUT2D eigenvalue weighted by Crippen LogP contribution is -2.45. The van der Waals surface area contributed by atoms with Crippen LogP contribution in [-0.4, -0.2) is 24.8 Å². The van der Waals surface area contributed by atoms with Crippen molar-refractivity contribution >= 4 is 29.0 Å². The first-order chi connectivity index (χ1) is 12.6. The van der Waals surface area contributed by atoms with Crippen molar-refractivity contribution in [3.63, 3.8) is 0 Å². The number of ether oxygens (including phenoxy) is 2. The summed E-state index contributed by atoms with van der Waals surface area (Å²) < 4.78 is 10.5. The Morgan fingerprint density at radius 3 is 2.42 bits per heavy atom. The standard InChI is InChI=1S/C20H20N2O3S/c1-3-25-19(23)16-17(13-7-5-4-6-8-13)21-20(26)22-18(16)14-9-11-15(24-2)12-10-14/h4-12,18H,3H2,1-2H3,(H2,21,22,26)/t18-/m0/s1. The van der Waals surface area contributed by atoms with E-state index in [1.807, 2.05) is 54.6 Å². The molecule has 1 aliphatic heterocycles. The van der Waals surface area contributed by atoms with Crippen molar-refractivity contribution in [2.24, 2.45) is 0 Å². The highest BCUT2D eigenvalue weighted by Gasteiger charge is 2.33. The molecule has 2 N–H and O–H groups in total. The Hall–Kier alpha value is -2.86. The first-order valence-electron chi connectivity index (χ1n) is 8.32. The molecule has 1 heterocycles. The number of carbonyl (C=O) groups is 1. The van der Waals surface area contributed by atoms with Gasteiger partial charge in [-0.1, -0.05) is 42.5 Å². The number of rotatable bonds is 5. The number of esters is 1. The summed E-state index contributed by atoms with van der Waals surface area (Å²) in [4.78, 5) is 12.8. The van der Waals surface area contributed by atoms with Crippen molar-refractivity contribution in [2.75, 3.05) is 13.7 Å². The monoisotopic (exact) mass is 368 g/mol. The van der Waals surface area contributed by atoms with Crippen molar-refractivity contribution in [3.05, 3.63) is 71.3 Å². The molecule has 134 valence electrons. The first kappa shape index (κ1) is 17.9. The number of hydrogen-bond acceptors (Lipinski definition) is 4. The Balaban J connectivity index is 2.13. The van der Waals surface area contributed by atoms with E-state index >= 15 is 0 Å². The van der Waals surface area contributed by atoms with Crippen LogP contribution in [0, 0.1) is 0 Å². The van der Waals surface area contributed by atoms with Crippen LogP contribution in [0.4, 0.5) is 0 Å². The van der Waals surface area contributed by atoms with E-state index in [9.17, 15) is 4.79 Å². The van der Waals surface area contributed by atoms with Gasteiger partial charge >= 0.3 is 5.97 Å². The van der Waals surface area contributed by atoms with Gasteiger partial charge in [0, 0.05) is 0 Å². The molecular formula is C20H20N2O3S. The highest BCUT2D eigenvalue weighted by atomic mass is 32.1. The third kappa shape index (κ3) is 3.70. The number of benzene rings is 2. The molecule has 0 spiro atoms. The maximum absolute atomic E-state index is 12.8. The van der Waals surface area contributed by atoms with E-state index in [0.29, 0.717) is 23.0 Å². The summed E-state index contributed by atoms with van der Waals surface area (Å²) in [7, 11) is 1.62. The topological polar surface area (TPSA) is 59.6 Å². The van der Waals surface area contributed by atoms with Crippen LogP contribution in [0.1, 0.15) is 24.1 Å². The Kier molecular flexibility index (Phi) is 5.53. The smallest absolute Gasteiger partial charge is 0.338 e. The maximum atomic E-state index is 12.8. The third-order valence-electron chi connectivity index (χ3n) is 4.08. The van der Waals surface area contributed by atoms with E-state index in [1.54, 1.807) is 14.0 Å². The molecule has 0 aliphatic carbocycles. The molecule has 0 saturated carbocycles. The molecule has 2 aromatic carbocycles. The highest BCUT2D eigenvalue weighted by Crippen LogP contribution is 2.32. The van der Waals surface area contributed by atoms with Gasteiger partial charge in [0.2, 0.25) is 0 Å². The van der Waals surface area contributed by atoms with Gasteiger partial charge in [0.05, 0.1) is 31.0 Å². The van der Waals surface area contributed by atoms with Crippen LogP contribution in [0.3, 0.4) is 0 Å². The third-order valence-corrected chi connectivity index (χ3v) is 4.30. The van der Waals surface area contributed by atoms with Crippen LogP contribution in [0.5, 0.6) is 5.75 Å². The van der Waals surface area contributed by atoms with Crippen molar-refractivity contribution < 1.29 is 14.3 Å². The molecule has 0 radical (unpaired) electrons. The van der Waals surface area contributed by atoms with Gasteiger partial charge in [-0.15, -0.1) is 0 Å². The molecule has 0 saturated heterocycles. The fourth-order valence-electron chi connectivity index (χ4n) is 2.87. The van der Waals surface area contributed by atoms with Crippen molar-refractivity contribution in [1.29, 1.82) is 0 Å². The van der Waals surface area contributed by atoms with Crippen molar-refractivity contribution in [1.82, 2.24) is 10.6 Å². The van der Waals surface area contributed by atoms with E-state index in [-0.39, 0.29) is 5.97 Å². The van der Waals surface area contributed by atoms with Crippen LogP contribution in [0.15, 0.2) is 60.2 Å². The fraction of sp³-hybridized carbons (Fsp3) is 0.200. The van der Waals surface area contributed by atoms with Gasteiger partial charge < -0.3 is 20.1 Å². The Morgan fingerprint density at radius 2 is 1.81 bits per heavy atom. The number of nitrogens with one attached hydrogen (secondary N) is 2. The summed E-state index contributed by atoms with van der Waals surface area (Å²) >= 11 is 5.38. The zero-order valence-electron chi connectivity index (χ0n) is 14.6. The van der Waals surface area contributed by atoms with Gasteiger partial charge in [-0.2, -0.15) is 0 Å². The van der Waals surface area contributed by atoms with E-state index in [0.717, 1.165) is 16.9 Å². The molecule has 5 nitrogen and oxygen atoms in total. The lowest BCUT2D eigenvalue weighted by atomic mass is 9.93. The summed E-state index contributed by atoms with van der Waals surface area (Å²) in [6.07, 6.45) is 0. The Bertz CT molecular complexity index is 832. The van der Waals surface area contributed by atoms with Crippen molar-refractivity contribution in [2.45, 2.75) is 13.0 Å². The molecule has 3 rings (SSSR count). The molecular weight excluding hydrogens is 348 g/mol. The van der Waals surface area contributed by atoms with Gasteiger partial charge in [0.1, 0.15) is 5.75 Å². The van der Waals surface area contributed by atoms with Gasteiger partial charge in [-0.05, 0) is 42.4 Å². The van der Waals surface area contributed by atoms with E-state index in [1.165, 1.54) is 0 Å². The lowest BCUT2D eigenvalue weighted by molar-refractivity contribution is -0.138. The molecule has 26 heavy (non-hydrogen) atoms. The number of hydrogen-bond donors (Lipinski definition) is 2. The average Bonchev–Trinajstić information content (AvgIpc) is 2.68. The number of methoxy groups -OCH3 is 1. The molecule has 0 bridgehead atoms. The summed E-state index contributed by atoms with van der Waals surface area (Å²) in [5.41, 5.74) is 2.93. The summed E-state index contributed by atoms with van der Waals surface area (Å²) in [5, 5.41) is 6.76. The average molecular weight is 368 g/mol. The first-order valence-corrected chi connectivity index (χ1v) is 8.73. The van der Waals surface area contributed by atoms with Crippen LogP contribution >= 0.6 is 12.2 Å². The minimum absolute atomic E-state index is 0.296. The van der Waals surface area contributed by atoms with Crippen LogP contribution in [-0.2, 0) is 9.53 Å². The second-order valence-electron chi connectivity index (χ2n) is 5.68. The van der Waals surface area contributed by atoms with E-state index in [4.69, 9.17) is 21.7 Å². The van der Waals surface area contributed by atoms with Crippen molar-refractivity contribution in [3.8, 4) is 5.75 Å². The van der Waals surface area contributed by atoms with Gasteiger partial charge in [0.25, 0.3) is 0 Å². The largest absolute Gasteiger partial charge is 0.497 e. The zero-order chi connectivity index (χ0) is 18.5. The SMILES string of the molecule is CCOC(=O)C1=C(c2ccccc2)NC(=S)N[C@H]1c1ccc(OC)cc1. The quantitative estimate of drug-likeness (QED) is 0.624. The second kappa shape index (κ2) is 8.01. The predicted molar refractivity (Wildman–Crippen MR) is 105 cm³/mol. The van der Waals surface area contributed by atoms with Gasteiger partial charge in [-0.25, -0.2) is 4.79 Å². The summed E-state index contributed by atoms with van der Waals surface area (Å²) in [6, 6.07) is 16.7. The van der Waals surface area contributed by atoms with Gasteiger partial charge in [-0.3, -0.25) is 0 Å². The maximum Gasteiger partial charge on any atom is 0.338 e.